The van der Waals surface area contributed by atoms with Gasteiger partial charge in [0.2, 0.25) is 0 Å². The van der Waals surface area contributed by atoms with Gasteiger partial charge in [-0.1, -0.05) is 24.3 Å². The molecule has 6 nitrogen and oxygen atoms in total. The molecule has 3 aromatic rings. The van der Waals surface area contributed by atoms with E-state index in [1.54, 1.807) is 7.11 Å². The van der Waals surface area contributed by atoms with Gasteiger partial charge in [0.1, 0.15) is 23.2 Å². The molecule has 0 bridgehead atoms. The Bertz CT molecular complexity index is 1050. The van der Waals surface area contributed by atoms with Gasteiger partial charge in [-0.3, -0.25) is 0 Å². The lowest BCUT2D eigenvalue weighted by molar-refractivity contribution is 0.122. The lowest BCUT2D eigenvalue weighted by Crippen LogP contribution is -2.36. The molecule has 0 saturated carbocycles. The maximum atomic E-state index is 9.61. The molecular formula is C23H22N4O2. The van der Waals surface area contributed by atoms with Gasteiger partial charge in [0.25, 0.3) is 0 Å². The predicted octanol–water partition coefficient (Wildman–Crippen LogP) is 3.71. The molecule has 0 amide bonds. The molecule has 6 heteroatoms. The van der Waals surface area contributed by atoms with Crippen molar-refractivity contribution in [3.05, 3.63) is 60.2 Å². The van der Waals surface area contributed by atoms with Crippen LogP contribution in [0.3, 0.4) is 0 Å². The Labute approximate surface area is 170 Å². The van der Waals surface area contributed by atoms with Crippen molar-refractivity contribution in [2.75, 3.05) is 44.0 Å². The van der Waals surface area contributed by atoms with Crippen molar-refractivity contribution in [2.24, 2.45) is 0 Å². The summed E-state index contributed by atoms with van der Waals surface area (Å²) < 4.78 is 10.7. The van der Waals surface area contributed by atoms with Crippen molar-refractivity contribution in [1.82, 2.24) is 4.98 Å². The first kappa shape index (κ1) is 18.8. The lowest BCUT2D eigenvalue weighted by Gasteiger charge is -2.28. The molecule has 29 heavy (non-hydrogen) atoms. The van der Waals surface area contributed by atoms with Crippen LogP contribution in [0.4, 0.5) is 11.5 Å². The van der Waals surface area contributed by atoms with Crippen molar-refractivity contribution in [3.63, 3.8) is 0 Å². The summed E-state index contributed by atoms with van der Waals surface area (Å²) in [5.41, 5.74) is 10.9. The summed E-state index contributed by atoms with van der Waals surface area (Å²) in [7, 11) is 1.62. The molecule has 2 aromatic carbocycles. The number of nitrogen functional groups attached to an aromatic ring is 1. The fraction of sp³-hybridized carbons (Fsp3) is 0.217. The summed E-state index contributed by atoms with van der Waals surface area (Å²) in [6.45, 7) is 3.28. The third-order valence-corrected chi connectivity index (χ3v) is 5.08. The third kappa shape index (κ3) is 3.86. The standard InChI is InChI=1S/C23H22N4O2/c1-28-19-4-2-3-17(13-19)20-14-22(26-23(25)21(20)15-24)16-5-7-18(8-6-16)27-9-11-29-12-10-27/h2-8,13-14H,9-12H2,1H3,(H2,25,26). The molecule has 1 aromatic heterocycles. The summed E-state index contributed by atoms with van der Waals surface area (Å²) in [4.78, 5) is 6.78. The highest BCUT2D eigenvalue weighted by molar-refractivity contribution is 5.81. The largest absolute Gasteiger partial charge is 0.497 e. The molecular weight excluding hydrogens is 364 g/mol. The van der Waals surface area contributed by atoms with Crippen LogP contribution < -0.4 is 15.4 Å². The van der Waals surface area contributed by atoms with Crippen molar-refractivity contribution >= 4 is 11.5 Å². The van der Waals surface area contributed by atoms with Crippen LogP contribution in [-0.2, 0) is 4.74 Å². The van der Waals surface area contributed by atoms with Gasteiger partial charge in [-0.05, 0) is 35.9 Å². The molecule has 0 unspecified atom stereocenters. The highest BCUT2D eigenvalue weighted by Crippen LogP contribution is 2.33. The van der Waals surface area contributed by atoms with E-state index in [0.717, 1.165) is 60.1 Å². The first-order valence-corrected chi connectivity index (χ1v) is 9.48. The number of nitriles is 1. The molecule has 1 aliphatic heterocycles. The van der Waals surface area contributed by atoms with E-state index in [4.69, 9.17) is 15.2 Å². The van der Waals surface area contributed by atoms with Gasteiger partial charge in [0.15, 0.2) is 0 Å². The van der Waals surface area contributed by atoms with Crippen LogP contribution in [0.5, 0.6) is 5.75 Å². The normalized spacial score (nSPS) is 13.7. The first-order chi connectivity index (χ1) is 14.2. The second kappa shape index (κ2) is 8.21. The van der Waals surface area contributed by atoms with Gasteiger partial charge < -0.3 is 20.1 Å². The summed E-state index contributed by atoms with van der Waals surface area (Å²) in [6.07, 6.45) is 0. The minimum atomic E-state index is 0.222. The molecule has 2 heterocycles. The number of nitrogens with zero attached hydrogens (tertiary/aromatic N) is 3. The van der Waals surface area contributed by atoms with Gasteiger partial charge in [-0.15, -0.1) is 0 Å². The molecule has 1 saturated heterocycles. The number of methoxy groups -OCH3 is 1. The Morgan fingerprint density at radius 1 is 1.07 bits per heavy atom. The number of hydrogen-bond acceptors (Lipinski definition) is 6. The van der Waals surface area contributed by atoms with Crippen LogP contribution in [0, 0.1) is 11.3 Å². The number of morpholine rings is 1. The second-order valence-corrected chi connectivity index (χ2v) is 6.81. The smallest absolute Gasteiger partial charge is 0.142 e. The van der Waals surface area contributed by atoms with Gasteiger partial charge in [0, 0.05) is 29.9 Å². The van der Waals surface area contributed by atoms with Crippen LogP contribution >= 0.6 is 0 Å². The number of aromatic nitrogens is 1. The van der Waals surface area contributed by atoms with Crippen molar-refractivity contribution < 1.29 is 9.47 Å². The number of pyridine rings is 1. The SMILES string of the molecule is COc1cccc(-c2cc(-c3ccc(N4CCOCC4)cc3)nc(N)c2C#N)c1. The van der Waals surface area contributed by atoms with Crippen molar-refractivity contribution in [3.8, 4) is 34.2 Å². The van der Waals surface area contributed by atoms with E-state index < -0.39 is 0 Å². The zero-order chi connectivity index (χ0) is 20.2. The average Bonchev–Trinajstić information content (AvgIpc) is 2.79. The summed E-state index contributed by atoms with van der Waals surface area (Å²) in [5, 5.41) is 9.61. The molecule has 0 spiro atoms. The van der Waals surface area contributed by atoms with Crippen LogP contribution in [0.2, 0.25) is 0 Å². The van der Waals surface area contributed by atoms with E-state index in [1.807, 2.05) is 42.5 Å². The zero-order valence-corrected chi connectivity index (χ0v) is 16.3. The Kier molecular flexibility index (Phi) is 5.32. The monoisotopic (exact) mass is 386 g/mol. The van der Waals surface area contributed by atoms with Gasteiger partial charge in [0.05, 0.1) is 26.0 Å². The number of benzene rings is 2. The highest BCUT2D eigenvalue weighted by Gasteiger charge is 2.15. The maximum absolute atomic E-state index is 9.61. The molecule has 4 rings (SSSR count). The first-order valence-electron chi connectivity index (χ1n) is 9.48. The zero-order valence-electron chi connectivity index (χ0n) is 16.3. The number of rotatable bonds is 4. The number of anilines is 2. The topological polar surface area (TPSA) is 84.4 Å². The highest BCUT2D eigenvalue weighted by atomic mass is 16.5. The van der Waals surface area contributed by atoms with E-state index in [9.17, 15) is 5.26 Å². The van der Waals surface area contributed by atoms with Crippen molar-refractivity contribution in [1.29, 1.82) is 5.26 Å². The Balaban J connectivity index is 1.73. The molecule has 0 atom stereocenters. The molecule has 1 aliphatic rings. The van der Waals surface area contributed by atoms with E-state index in [-0.39, 0.29) is 5.82 Å². The molecule has 0 aliphatic carbocycles. The molecule has 1 fully saturated rings. The van der Waals surface area contributed by atoms with Gasteiger partial charge in [-0.2, -0.15) is 5.26 Å². The van der Waals surface area contributed by atoms with Crippen LogP contribution in [0.1, 0.15) is 5.56 Å². The minimum Gasteiger partial charge on any atom is -0.497 e. The Morgan fingerprint density at radius 2 is 1.83 bits per heavy atom. The van der Waals surface area contributed by atoms with Gasteiger partial charge in [-0.25, -0.2) is 4.98 Å². The number of hydrogen-bond donors (Lipinski definition) is 1. The van der Waals surface area contributed by atoms with E-state index >= 15 is 0 Å². The Morgan fingerprint density at radius 3 is 2.52 bits per heavy atom. The molecule has 146 valence electrons. The Hall–Kier alpha value is -3.56. The molecule has 0 radical (unpaired) electrons. The molecule has 2 N–H and O–H groups in total. The van der Waals surface area contributed by atoms with Crippen LogP contribution in [0.25, 0.3) is 22.4 Å². The summed E-state index contributed by atoms with van der Waals surface area (Å²) in [6, 6.07) is 19.9. The van der Waals surface area contributed by atoms with E-state index in [2.05, 4.69) is 28.1 Å². The average molecular weight is 386 g/mol. The van der Waals surface area contributed by atoms with Crippen LogP contribution in [0.15, 0.2) is 54.6 Å². The minimum absolute atomic E-state index is 0.222. The second-order valence-electron chi connectivity index (χ2n) is 6.81. The fourth-order valence-electron chi connectivity index (χ4n) is 3.51. The third-order valence-electron chi connectivity index (χ3n) is 5.08. The van der Waals surface area contributed by atoms with E-state index in [0.29, 0.717) is 5.56 Å². The van der Waals surface area contributed by atoms with E-state index in [1.165, 1.54) is 0 Å². The predicted molar refractivity (Wildman–Crippen MR) is 114 cm³/mol. The lowest BCUT2D eigenvalue weighted by atomic mass is 9.98. The quantitative estimate of drug-likeness (QED) is 0.736. The van der Waals surface area contributed by atoms with Crippen molar-refractivity contribution in [2.45, 2.75) is 0 Å². The summed E-state index contributed by atoms with van der Waals surface area (Å²) in [5.74, 6) is 0.943. The van der Waals surface area contributed by atoms with Gasteiger partial charge >= 0.3 is 0 Å². The maximum Gasteiger partial charge on any atom is 0.142 e. The number of nitrogens with two attached hydrogens (primary N) is 1. The van der Waals surface area contributed by atoms with Crippen LogP contribution in [-0.4, -0.2) is 38.4 Å². The summed E-state index contributed by atoms with van der Waals surface area (Å²) >= 11 is 0. The fourth-order valence-corrected chi connectivity index (χ4v) is 3.51. The number of ether oxygens (including phenoxy) is 2.